The zero-order valence-electron chi connectivity index (χ0n) is 10.6. The van der Waals surface area contributed by atoms with Crippen molar-refractivity contribution in [2.45, 2.75) is 51.0 Å². The summed E-state index contributed by atoms with van der Waals surface area (Å²) in [6, 6.07) is 4.58. The standard InChI is InChI=1S/C15H22N2/c1-10(11-7-8-11)14(16)13-6-2-4-12-5-3-9-17-15(12)13/h3,5,9-11,13-14H,2,4,6-8,16H2,1H3. The minimum absolute atomic E-state index is 0.302. The van der Waals surface area contributed by atoms with Gasteiger partial charge in [-0.3, -0.25) is 4.98 Å². The van der Waals surface area contributed by atoms with Gasteiger partial charge in [-0.15, -0.1) is 0 Å². The molecule has 2 heteroatoms. The van der Waals surface area contributed by atoms with E-state index in [1.165, 1.54) is 43.4 Å². The molecular formula is C15H22N2. The van der Waals surface area contributed by atoms with Gasteiger partial charge in [0.2, 0.25) is 0 Å². The van der Waals surface area contributed by atoms with Gasteiger partial charge in [0.05, 0.1) is 0 Å². The van der Waals surface area contributed by atoms with E-state index >= 15 is 0 Å². The Bertz CT molecular complexity index is 398. The van der Waals surface area contributed by atoms with Crippen LogP contribution in [-0.4, -0.2) is 11.0 Å². The average molecular weight is 230 g/mol. The molecule has 1 saturated carbocycles. The summed E-state index contributed by atoms with van der Waals surface area (Å²) in [4.78, 5) is 4.60. The van der Waals surface area contributed by atoms with Crippen molar-refractivity contribution in [3.05, 3.63) is 29.6 Å². The van der Waals surface area contributed by atoms with Crippen LogP contribution in [-0.2, 0) is 6.42 Å². The summed E-state index contributed by atoms with van der Waals surface area (Å²) in [6.07, 6.45) is 8.37. The van der Waals surface area contributed by atoms with E-state index in [4.69, 9.17) is 5.73 Å². The van der Waals surface area contributed by atoms with Gasteiger partial charge in [-0.25, -0.2) is 0 Å². The zero-order valence-corrected chi connectivity index (χ0v) is 10.6. The molecule has 0 radical (unpaired) electrons. The average Bonchev–Trinajstić information content (AvgIpc) is 3.20. The number of nitrogens with zero attached hydrogens (tertiary/aromatic N) is 1. The molecule has 1 aromatic rings. The molecule has 2 aliphatic rings. The number of pyridine rings is 1. The van der Waals surface area contributed by atoms with Gasteiger partial charge in [0, 0.05) is 23.9 Å². The molecule has 3 unspecified atom stereocenters. The molecule has 1 aromatic heterocycles. The van der Waals surface area contributed by atoms with Gasteiger partial charge in [0.25, 0.3) is 0 Å². The lowest BCUT2D eigenvalue weighted by Crippen LogP contribution is -2.38. The molecule has 0 aromatic carbocycles. The first-order chi connectivity index (χ1) is 8.27. The number of hydrogen-bond acceptors (Lipinski definition) is 2. The fraction of sp³-hybridized carbons (Fsp3) is 0.667. The number of rotatable bonds is 3. The molecule has 2 aliphatic carbocycles. The minimum atomic E-state index is 0.302. The number of aromatic nitrogens is 1. The molecule has 0 saturated heterocycles. The van der Waals surface area contributed by atoms with Gasteiger partial charge >= 0.3 is 0 Å². The highest BCUT2D eigenvalue weighted by Crippen LogP contribution is 2.42. The molecule has 0 spiro atoms. The highest BCUT2D eigenvalue weighted by Gasteiger charge is 2.37. The van der Waals surface area contributed by atoms with Gasteiger partial charge in [0.1, 0.15) is 0 Å². The van der Waals surface area contributed by atoms with Crippen LogP contribution in [0.15, 0.2) is 18.3 Å². The summed E-state index contributed by atoms with van der Waals surface area (Å²) in [5, 5.41) is 0. The largest absolute Gasteiger partial charge is 0.327 e. The molecule has 3 rings (SSSR count). The van der Waals surface area contributed by atoms with E-state index < -0.39 is 0 Å². The van der Waals surface area contributed by atoms with Gasteiger partial charge in [-0.2, -0.15) is 0 Å². The summed E-state index contributed by atoms with van der Waals surface area (Å²) >= 11 is 0. The van der Waals surface area contributed by atoms with Gasteiger partial charge in [-0.05, 0) is 55.6 Å². The second-order valence-corrected chi connectivity index (χ2v) is 5.82. The first-order valence-corrected chi connectivity index (χ1v) is 6.96. The van der Waals surface area contributed by atoms with Gasteiger partial charge in [0.15, 0.2) is 0 Å². The molecule has 0 aliphatic heterocycles. The zero-order chi connectivity index (χ0) is 11.8. The highest BCUT2D eigenvalue weighted by atomic mass is 14.8. The molecule has 0 amide bonds. The highest BCUT2D eigenvalue weighted by molar-refractivity contribution is 5.27. The van der Waals surface area contributed by atoms with E-state index in [1.54, 1.807) is 0 Å². The van der Waals surface area contributed by atoms with Crippen LogP contribution in [0.5, 0.6) is 0 Å². The Hall–Kier alpha value is -0.890. The number of nitrogens with two attached hydrogens (primary N) is 1. The Kier molecular flexibility index (Phi) is 2.91. The monoisotopic (exact) mass is 230 g/mol. The summed E-state index contributed by atoms with van der Waals surface area (Å²) in [5.74, 6) is 2.04. The lowest BCUT2D eigenvalue weighted by molar-refractivity contribution is 0.327. The molecular weight excluding hydrogens is 208 g/mol. The molecule has 2 nitrogen and oxygen atoms in total. The lowest BCUT2D eigenvalue weighted by atomic mass is 9.77. The molecule has 0 bridgehead atoms. The molecule has 1 fully saturated rings. The molecule has 1 heterocycles. The second kappa shape index (κ2) is 4.41. The van der Waals surface area contributed by atoms with E-state index in [9.17, 15) is 0 Å². The summed E-state index contributed by atoms with van der Waals surface area (Å²) < 4.78 is 0. The van der Waals surface area contributed by atoms with E-state index in [1.807, 2.05) is 6.20 Å². The van der Waals surface area contributed by atoms with Crippen LogP contribution in [0.1, 0.15) is 49.8 Å². The minimum Gasteiger partial charge on any atom is -0.327 e. The van der Waals surface area contributed by atoms with Crippen molar-refractivity contribution in [1.82, 2.24) is 4.98 Å². The van der Waals surface area contributed by atoms with Gasteiger partial charge < -0.3 is 5.73 Å². The van der Waals surface area contributed by atoms with Crippen molar-refractivity contribution in [3.8, 4) is 0 Å². The number of fused-ring (bicyclic) bond motifs is 1. The Morgan fingerprint density at radius 3 is 2.94 bits per heavy atom. The number of aryl methyl sites for hydroxylation is 1. The predicted octanol–water partition coefficient (Wildman–Crippen LogP) is 2.87. The van der Waals surface area contributed by atoms with Crippen LogP contribution in [0, 0.1) is 11.8 Å². The maximum absolute atomic E-state index is 6.51. The Balaban J connectivity index is 1.83. The molecule has 17 heavy (non-hydrogen) atoms. The Morgan fingerprint density at radius 1 is 1.35 bits per heavy atom. The lowest BCUT2D eigenvalue weighted by Gasteiger charge is -2.32. The third-order valence-electron chi connectivity index (χ3n) is 4.68. The van der Waals surface area contributed by atoms with Crippen LogP contribution < -0.4 is 5.73 Å². The Morgan fingerprint density at radius 2 is 2.18 bits per heavy atom. The van der Waals surface area contributed by atoms with Crippen molar-refractivity contribution in [2.24, 2.45) is 17.6 Å². The van der Waals surface area contributed by atoms with E-state index in [-0.39, 0.29) is 0 Å². The Labute approximate surface area is 104 Å². The van der Waals surface area contributed by atoms with Crippen molar-refractivity contribution < 1.29 is 0 Å². The molecule has 92 valence electrons. The van der Waals surface area contributed by atoms with Crippen molar-refractivity contribution in [2.75, 3.05) is 0 Å². The first kappa shape index (κ1) is 11.2. The maximum atomic E-state index is 6.51. The summed E-state index contributed by atoms with van der Waals surface area (Å²) in [5.41, 5.74) is 9.23. The first-order valence-electron chi connectivity index (χ1n) is 6.96. The number of hydrogen-bond donors (Lipinski definition) is 1. The van der Waals surface area contributed by atoms with Crippen LogP contribution in [0.25, 0.3) is 0 Å². The molecule has 2 N–H and O–H groups in total. The normalized spacial score (nSPS) is 27.3. The van der Waals surface area contributed by atoms with Crippen molar-refractivity contribution in [1.29, 1.82) is 0 Å². The van der Waals surface area contributed by atoms with Crippen molar-refractivity contribution in [3.63, 3.8) is 0 Å². The SMILES string of the molecule is CC(C1CC1)C(N)C1CCCc2cccnc21. The predicted molar refractivity (Wildman–Crippen MR) is 69.8 cm³/mol. The second-order valence-electron chi connectivity index (χ2n) is 5.82. The maximum Gasteiger partial charge on any atom is 0.0481 e. The van der Waals surface area contributed by atoms with E-state index in [0.29, 0.717) is 17.9 Å². The smallest absolute Gasteiger partial charge is 0.0481 e. The molecule has 3 atom stereocenters. The van der Waals surface area contributed by atoms with Crippen LogP contribution >= 0.6 is 0 Å². The fourth-order valence-corrected chi connectivity index (χ4v) is 3.32. The van der Waals surface area contributed by atoms with E-state index in [2.05, 4.69) is 24.0 Å². The van der Waals surface area contributed by atoms with Gasteiger partial charge in [-0.1, -0.05) is 13.0 Å². The fourth-order valence-electron chi connectivity index (χ4n) is 3.32. The van der Waals surface area contributed by atoms with Crippen LogP contribution in [0.2, 0.25) is 0 Å². The van der Waals surface area contributed by atoms with E-state index in [0.717, 1.165) is 5.92 Å². The summed E-state index contributed by atoms with van der Waals surface area (Å²) in [6.45, 7) is 2.33. The van der Waals surface area contributed by atoms with Crippen LogP contribution in [0.4, 0.5) is 0 Å². The van der Waals surface area contributed by atoms with Crippen molar-refractivity contribution >= 4 is 0 Å². The summed E-state index contributed by atoms with van der Waals surface area (Å²) in [7, 11) is 0. The van der Waals surface area contributed by atoms with Crippen LogP contribution in [0.3, 0.4) is 0 Å². The third-order valence-corrected chi connectivity index (χ3v) is 4.68. The topological polar surface area (TPSA) is 38.9 Å². The quantitative estimate of drug-likeness (QED) is 0.867. The third kappa shape index (κ3) is 2.11.